The molecule has 1 aliphatic heterocycles. The zero-order valence-corrected chi connectivity index (χ0v) is 24.3. The first-order valence-electron chi connectivity index (χ1n) is 14.7. The van der Waals surface area contributed by atoms with E-state index in [9.17, 15) is 18.3 Å². The standard InChI is InChI=1S/C31H45N3O4S/c1-3-11-23(2)32-22-30(35)29(18-24-12-5-4-6-13-24)33-31(36)27-19-26(25-14-7-8-15-25)20-28(21-27)34-16-9-10-17-39(34,37)38/h4-6,12-13,19-21,23,25,29-30,32,35H,3,7-11,14-18,22H2,1-2H3,(H,33,36)/t23?,29-,30+/m0/s1. The average molecular weight is 556 g/mol. The van der Waals surface area contributed by atoms with Crippen molar-refractivity contribution in [1.29, 1.82) is 0 Å². The van der Waals surface area contributed by atoms with Gasteiger partial charge in [-0.3, -0.25) is 9.10 Å². The zero-order chi connectivity index (χ0) is 27.8. The molecule has 0 spiro atoms. The number of nitrogens with zero attached hydrogens (tertiary/aromatic N) is 1. The largest absolute Gasteiger partial charge is 0.390 e. The van der Waals surface area contributed by atoms with E-state index in [4.69, 9.17) is 0 Å². The van der Waals surface area contributed by atoms with Crippen molar-refractivity contribution in [3.63, 3.8) is 0 Å². The number of aliphatic hydroxyl groups excluding tert-OH is 1. The molecule has 2 fully saturated rings. The van der Waals surface area contributed by atoms with Gasteiger partial charge in [0.15, 0.2) is 0 Å². The molecule has 1 aliphatic carbocycles. The van der Waals surface area contributed by atoms with Crippen molar-refractivity contribution in [2.45, 2.75) is 95.7 Å². The summed E-state index contributed by atoms with van der Waals surface area (Å²) >= 11 is 0. The molecule has 8 heteroatoms. The van der Waals surface area contributed by atoms with Crippen molar-refractivity contribution in [2.24, 2.45) is 0 Å². The van der Waals surface area contributed by atoms with Crippen LogP contribution < -0.4 is 14.9 Å². The Morgan fingerprint density at radius 2 is 1.82 bits per heavy atom. The summed E-state index contributed by atoms with van der Waals surface area (Å²) in [7, 11) is -3.40. The molecule has 1 unspecified atom stereocenters. The second kappa shape index (κ2) is 13.8. The number of carbonyl (C=O) groups is 1. The maximum atomic E-state index is 13.7. The van der Waals surface area contributed by atoms with Crippen molar-refractivity contribution < 1.29 is 18.3 Å². The Bertz CT molecular complexity index is 1180. The van der Waals surface area contributed by atoms with Crippen LogP contribution in [0.5, 0.6) is 0 Å². The number of rotatable bonds is 12. The highest BCUT2D eigenvalue weighted by molar-refractivity contribution is 7.92. The van der Waals surface area contributed by atoms with Crippen LogP contribution in [-0.4, -0.2) is 56.5 Å². The molecule has 1 amide bonds. The molecule has 2 aromatic carbocycles. The molecular weight excluding hydrogens is 510 g/mol. The topological polar surface area (TPSA) is 98.7 Å². The SMILES string of the molecule is CCCC(C)NC[C@@H](O)[C@H](Cc1ccccc1)NC(=O)c1cc(C2CCCC2)cc(N2CCCCS2(=O)=O)c1. The molecular formula is C31H45N3O4S. The van der Waals surface area contributed by atoms with Crippen LogP contribution in [0.1, 0.15) is 92.6 Å². The van der Waals surface area contributed by atoms with E-state index in [0.717, 1.165) is 56.1 Å². The second-order valence-corrected chi connectivity index (χ2v) is 13.3. The first-order valence-corrected chi connectivity index (χ1v) is 16.3. The molecule has 0 bridgehead atoms. The van der Waals surface area contributed by atoms with E-state index in [1.165, 1.54) is 4.31 Å². The number of hydrogen-bond donors (Lipinski definition) is 3. The molecule has 1 saturated heterocycles. The van der Waals surface area contributed by atoms with Crippen molar-refractivity contribution in [3.8, 4) is 0 Å². The van der Waals surface area contributed by atoms with E-state index in [0.29, 0.717) is 43.1 Å². The number of sulfonamides is 1. The Morgan fingerprint density at radius 1 is 1.08 bits per heavy atom. The molecule has 214 valence electrons. The fourth-order valence-electron chi connectivity index (χ4n) is 5.89. The minimum absolute atomic E-state index is 0.136. The Balaban J connectivity index is 1.60. The number of aliphatic hydroxyl groups is 1. The number of carbonyl (C=O) groups excluding carboxylic acids is 1. The minimum atomic E-state index is -3.40. The van der Waals surface area contributed by atoms with Gasteiger partial charge in [0, 0.05) is 24.7 Å². The van der Waals surface area contributed by atoms with Crippen LogP contribution in [0, 0.1) is 0 Å². The van der Waals surface area contributed by atoms with Gasteiger partial charge in [-0.15, -0.1) is 0 Å². The van der Waals surface area contributed by atoms with Crippen molar-refractivity contribution in [3.05, 3.63) is 65.2 Å². The summed E-state index contributed by atoms with van der Waals surface area (Å²) in [6, 6.07) is 15.3. The maximum Gasteiger partial charge on any atom is 0.251 e. The average Bonchev–Trinajstić information content (AvgIpc) is 3.47. The molecule has 4 rings (SSSR count). The van der Waals surface area contributed by atoms with E-state index in [1.54, 1.807) is 6.07 Å². The van der Waals surface area contributed by atoms with Gasteiger partial charge in [-0.05, 0) is 80.7 Å². The molecule has 2 aliphatic rings. The third kappa shape index (κ3) is 8.05. The van der Waals surface area contributed by atoms with E-state index in [2.05, 4.69) is 24.5 Å². The molecule has 3 atom stereocenters. The Kier molecular flexibility index (Phi) is 10.4. The molecule has 1 saturated carbocycles. The van der Waals surface area contributed by atoms with Crippen molar-refractivity contribution >= 4 is 21.6 Å². The zero-order valence-electron chi connectivity index (χ0n) is 23.4. The highest BCUT2D eigenvalue weighted by atomic mass is 32.2. The van der Waals surface area contributed by atoms with E-state index < -0.39 is 22.2 Å². The number of benzene rings is 2. The van der Waals surface area contributed by atoms with E-state index in [1.807, 2.05) is 42.5 Å². The van der Waals surface area contributed by atoms with Crippen LogP contribution in [0.15, 0.2) is 48.5 Å². The quantitative estimate of drug-likeness (QED) is 0.351. The summed E-state index contributed by atoms with van der Waals surface area (Å²) in [4.78, 5) is 13.7. The minimum Gasteiger partial charge on any atom is -0.390 e. The lowest BCUT2D eigenvalue weighted by Gasteiger charge is -2.30. The van der Waals surface area contributed by atoms with Gasteiger partial charge in [-0.25, -0.2) is 8.42 Å². The molecule has 7 nitrogen and oxygen atoms in total. The summed E-state index contributed by atoms with van der Waals surface area (Å²) in [5.74, 6) is 0.183. The van der Waals surface area contributed by atoms with Gasteiger partial charge in [0.05, 0.1) is 23.6 Å². The van der Waals surface area contributed by atoms with E-state index >= 15 is 0 Å². The number of hydrogen-bond acceptors (Lipinski definition) is 5. The molecule has 39 heavy (non-hydrogen) atoms. The monoisotopic (exact) mass is 555 g/mol. The highest BCUT2D eigenvalue weighted by Gasteiger charge is 2.29. The maximum absolute atomic E-state index is 13.7. The first kappa shape index (κ1) is 29.6. The van der Waals surface area contributed by atoms with Crippen LogP contribution in [0.2, 0.25) is 0 Å². The predicted molar refractivity (Wildman–Crippen MR) is 158 cm³/mol. The summed E-state index contributed by atoms with van der Waals surface area (Å²) in [6.45, 7) is 5.05. The van der Waals surface area contributed by atoms with Gasteiger partial charge in [0.25, 0.3) is 5.91 Å². The number of amides is 1. The summed E-state index contributed by atoms with van der Waals surface area (Å²) < 4.78 is 27.3. The van der Waals surface area contributed by atoms with Crippen LogP contribution in [-0.2, 0) is 16.4 Å². The lowest BCUT2D eigenvalue weighted by molar-refractivity contribution is 0.0825. The van der Waals surface area contributed by atoms with Crippen LogP contribution >= 0.6 is 0 Å². The van der Waals surface area contributed by atoms with Gasteiger partial charge >= 0.3 is 0 Å². The smallest absolute Gasteiger partial charge is 0.251 e. The first-order chi connectivity index (χ1) is 18.8. The molecule has 3 N–H and O–H groups in total. The lowest BCUT2D eigenvalue weighted by Crippen LogP contribution is -2.49. The number of anilines is 1. The Labute approximate surface area is 234 Å². The van der Waals surface area contributed by atoms with E-state index in [-0.39, 0.29) is 17.7 Å². The van der Waals surface area contributed by atoms with Crippen LogP contribution in [0.3, 0.4) is 0 Å². The fraction of sp³-hybridized carbons (Fsp3) is 0.581. The summed E-state index contributed by atoms with van der Waals surface area (Å²) in [5, 5.41) is 17.7. The predicted octanol–water partition coefficient (Wildman–Crippen LogP) is 4.75. The van der Waals surface area contributed by atoms with Gasteiger partial charge in [-0.1, -0.05) is 56.5 Å². The van der Waals surface area contributed by atoms with Crippen molar-refractivity contribution in [2.75, 3.05) is 23.1 Å². The van der Waals surface area contributed by atoms with Crippen molar-refractivity contribution in [1.82, 2.24) is 10.6 Å². The van der Waals surface area contributed by atoms with Gasteiger partial charge in [-0.2, -0.15) is 0 Å². The Morgan fingerprint density at radius 3 is 2.51 bits per heavy atom. The van der Waals surface area contributed by atoms with Crippen LogP contribution in [0.4, 0.5) is 5.69 Å². The Hall–Kier alpha value is -2.42. The molecule has 0 radical (unpaired) electrons. The molecule has 0 aromatic heterocycles. The van der Waals surface area contributed by atoms with Gasteiger partial charge in [0.2, 0.25) is 10.0 Å². The molecule has 2 aromatic rings. The lowest BCUT2D eigenvalue weighted by atomic mass is 9.94. The number of nitrogens with one attached hydrogen (secondary N) is 2. The molecule has 1 heterocycles. The van der Waals surface area contributed by atoms with Crippen LogP contribution in [0.25, 0.3) is 0 Å². The van der Waals surface area contributed by atoms with Gasteiger partial charge in [0.1, 0.15) is 0 Å². The third-order valence-corrected chi connectivity index (χ3v) is 10.0. The summed E-state index contributed by atoms with van der Waals surface area (Å²) in [5.41, 5.74) is 3.10. The highest BCUT2D eigenvalue weighted by Crippen LogP contribution is 2.37. The third-order valence-electron chi connectivity index (χ3n) is 8.14. The second-order valence-electron chi connectivity index (χ2n) is 11.3. The van der Waals surface area contributed by atoms with Gasteiger partial charge < -0.3 is 15.7 Å². The summed E-state index contributed by atoms with van der Waals surface area (Å²) in [6.07, 6.45) is 7.64. The normalized spacial score (nSPS) is 19.9. The fourth-order valence-corrected chi connectivity index (χ4v) is 7.51.